The van der Waals surface area contributed by atoms with Crippen LogP contribution in [-0.2, 0) is 15.6 Å². The lowest BCUT2D eigenvalue weighted by Gasteiger charge is -2.04. The van der Waals surface area contributed by atoms with E-state index in [9.17, 15) is 9.00 Å². The second-order valence-corrected chi connectivity index (χ2v) is 3.88. The lowest BCUT2D eigenvalue weighted by molar-refractivity contribution is -0.137. The molecule has 0 rings (SSSR count). The summed E-state index contributed by atoms with van der Waals surface area (Å²) in [7, 11) is -1.08. The third-order valence-corrected chi connectivity index (χ3v) is 2.71. The molecule has 0 saturated carbocycles. The molecular weight excluding hydrogens is 166 g/mol. The fraction of sp³-hybridized carbons (Fsp3) is 0.833. The summed E-state index contributed by atoms with van der Waals surface area (Å²) in [4.78, 5) is 10.2. The maximum absolute atomic E-state index is 10.9. The molecule has 66 valence electrons. The number of nitrogens with two attached hydrogens (primary N) is 1. The van der Waals surface area contributed by atoms with Crippen LogP contribution in [0.1, 0.15) is 13.3 Å². The van der Waals surface area contributed by atoms with Gasteiger partial charge in [0.05, 0.1) is 0 Å². The van der Waals surface area contributed by atoms with Gasteiger partial charge in [0.1, 0.15) is 6.04 Å². The zero-order chi connectivity index (χ0) is 8.85. The summed E-state index contributed by atoms with van der Waals surface area (Å²) in [6.07, 6.45) is 0.791. The molecule has 5 heteroatoms. The van der Waals surface area contributed by atoms with Crippen molar-refractivity contribution in [2.75, 3.05) is 11.5 Å². The van der Waals surface area contributed by atoms with E-state index >= 15 is 0 Å². The summed E-state index contributed by atoms with van der Waals surface area (Å²) in [5.74, 6) is -0.501. The first-order valence-electron chi connectivity index (χ1n) is 3.41. The fourth-order valence-corrected chi connectivity index (χ4v) is 1.75. The SMILES string of the molecule is CCC[S@@](=O)C[C@H](N)C(=O)O. The molecule has 0 aromatic rings. The number of carboxylic acids is 1. The van der Waals surface area contributed by atoms with Gasteiger partial charge in [0.25, 0.3) is 0 Å². The van der Waals surface area contributed by atoms with Gasteiger partial charge in [-0.1, -0.05) is 6.92 Å². The molecule has 0 unspecified atom stereocenters. The van der Waals surface area contributed by atoms with Crippen molar-refractivity contribution in [2.45, 2.75) is 19.4 Å². The van der Waals surface area contributed by atoms with Crippen molar-refractivity contribution in [1.29, 1.82) is 0 Å². The Labute approximate surface area is 68.2 Å². The van der Waals surface area contributed by atoms with E-state index in [1.165, 1.54) is 0 Å². The first-order chi connectivity index (χ1) is 5.07. The quantitative estimate of drug-likeness (QED) is 0.599. The number of aliphatic carboxylic acids is 1. The van der Waals surface area contributed by atoms with Crippen LogP contribution >= 0.6 is 0 Å². The van der Waals surface area contributed by atoms with Crippen molar-refractivity contribution in [2.24, 2.45) is 5.73 Å². The maximum Gasteiger partial charge on any atom is 0.321 e. The monoisotopic (exact) mass is 179 g/mol. The van der Waals surface area contributed by atoms with Crippen molar-refractivity contribution < 1.29 is 14.1 Å². The highest BCUT2D eigenvalue weighted by atomic mass is 32.2. The first kappa shape index (κ1) is 10.6. The minimum Gasteiger partial charge on any atom is -0.480 e. The minimum atomic E-state index is -1.09. The van der Waals surface area contributed by atoms with Crippen molar-refractivity contribution in [3.05, 3.63) is 0 Å². The molecule has 0 aliphatic rings. The molecule has 0 radical (unpaired) electrons. The van der Waals surface area contributed by atoms with Crippen molar-refractivity contribution in [1.82, 2.24) is 0 Å². The molecule has 0 aliphatic heterocycles. The zero-order valence-corrected chi connectivity index (χ0v) is 7.26. The Bertz CT molecular complexity index is 160. The van der Waals surface area contributed by atoms with E-state index in [2.05, 4.69) is 0 Å². The summed E-state index contributed by atoms with van der Waals surface area (Å²) in [5.41, 5.74) is 5.16. The Hall–Kier alpha value is -0.420. The van der Waals surface area contributed by atoms with Gasteiger partial charge in [-0.25, -0.2) is 0 Å². The largest absolute Gasteiger partial charge is 0.480 e. The highest BCUT2D eigenvalue weighted by Gasteiger charge is 2.13. The van der Waals surface area contributed by atoms with Gasteiger partial charge in [-0.2, -0.15) is 0 Å². The smallest absolute Gasteiger partial charge is 0.321 e. The van der Waals surface area contributed by atoms with Crippen LogP contribution in [0, 0.1) is 0 Å². The predicted octanol–water partition coefficient (Wildman–Crippen LogP) is -0.443. The maximum atomic E-state index is 10.9. The zero-order valence-electron chi connectivity index (χ0n) is 6.45. The number of hydrogen-bond acceptors (Lipinski definition) is 3. The van der Waals surface area contributed by atoms with E-state index in [0.29, 0.717) is 5.75 Å². The van der Waals surface area contributed by atoms with Gasteiger partial charge in [-0.3, -0.25) is 9.00 Å². The van der Waals surface area contributed by atoms with Crippen LogP contribution in [0.4, 0.5) is 0 Å². The standard InChI is InChI=1S/C6H13NO3S/c1-2-3-11(10)4-5(7)6(8)9/h5H,2-4,7H2,1H3,(H,8,9)/t5-,11+/m0/s1. The number of rotatable bonds is 5. The van der Waals surface area contributed by atoms with Gasteiger partial charge >= 0.3 is 5.97 Å². The number of carboxylic acid groups (broad SMARTS) is 1. The lowest BCUT2D eigenvalue weighted by Crippen LogP contribution is -2.35. The summed E-state index contributed by atoms with van der Waals surface area (Å²) >= 11 is 0. The van der Waals surface area contributed by atoms with Crippen LogP contribution in [0.15, 0.2) is 0 Å². The Kier molecular flexibility index (Phi) is 5.06. The molecule has 0 fully saturated rings. The summed E-state index contributed by atoms with van der Waals surface area (Å²) in [6, 6.07) is -0.984. The van der Waals surface area contributed by atoms with Crippen LogP contribution in [0.25, 0.3) is 0 Å². The van der Waals surface area contributed by atoms with Crippen LogP contribution in [0.2, 0.25) is 0 Å². The van der Waals surface area contributed by atoms with Crippen LogP contribution < -0.4 is 5.73 Å². The molecule has 0 bridgehead atoms. The average molecular weight is 179 g/mol. The molecule has 2 atom stereocenters. The molecule has 0 heterocycles. The van der Waals surface area contributed by atoms with Gasteiger partial charge < -0.3 is 10.8 Å². The van der Waals surface area contributed by atoms with Gasteiger partial charge in [-0.05, 0) is 6.42 Å². The molecule has 0 aliphatic carbocycles. The normalized spacial score (nSPS) is 15.8. The molecule has 0 saturated heterocycles. The van der Waals surface area contributed by atoms with E-state index in [-0.39, 0.29) is 5.75 Å². The Morgan fingerprint density at radius 2 is 2.27 bits per heavy atom. The molecule has 0 aromatic carbocycles. The van der Waals surface area contributed by atoms with Crippen LogP contribution in [0.3, 0.4) is 0 Å². The second kappa shape index (κ2) is 5.26. The lowest BCUT2D eigenvalue weighted by atomic mass is 10.4. The molecule has 3 N–H and O–H groups in total. The van der Waals surface area contributed by atoms with E-state index in [0.717, 1.165) is 6.42 Å². The van der Waals surface area contributed by atoms with Crippen molar-refractivity contribution >= 4 is 16.8 Å². The molecule has 0 aromatic heterocycles. The summed E-state index contributed by atoms with van der Waals surface area (Å²) < 4.78 is 10.9. The first-order valence-corrected chi connectivity index (χ1v) is 4.90. The van der Waals surface area contributed by atoms with Crippen LogP contribution in [0.5, 0.6) is 0 Å². The second-order valence-electron chi connectivity index (χ2n) is 2.26. The van der Waals surface area contributed by atoms with Gasteiger partial charge in [0.15, 0.2) is 0 Å². The van der Waals surface area contributed by atoms with Gasteiger partial charge in [0, 0.05) is 22.3 Å². The van der Waals surface area contributed by atoms with Gasteiger partial charge in [0.2, 0.25) is 0 Å². The number of carbonyl (C=O) groups is 1. The van der Waals surface area contributed by atoms with E-state index < -0.39 is 22.8 Å². The number of hydrogen-bond donors (Lipinski definition) is 2. The molecular formula is C6H13NO3S. The Balaban J connectivity index is 3.66. The Morgan fingerprint density at radius 3 is 2.64 bits per heavy atom. The minimum absolute atomic E-state index is 0.0587. The van der Waals surface area contributed by atoms with E-state index in [1.54, 1.807) is 0 Å². The summed E-state index contributed by atoms with van der Waals surface area (Å²) in [5, 5.41) is 8.34. The molecule has 11 heavy (non-hydrogen) atoms. The third kappa shape index (κ3) is 4.92. The molecule has 4 nitrogen and oxygen atoms in total. The average Bonchev–Trinajstić information content (AvgIpc) is 1.87. The highest BCUT2D eigenvalue weighted by Crippen LogP contribution is 1.90. The molecule has 0 amide bonds. The predicted molar refractivity (Wildman–Crippen MR) is 43.8 cm³/mol. The van der Waals surface area contributed by atoms with Crippen molar-refractivity contribution in [3.8, 4) is 0 Å². The van der Waals surface area contributed by atoms with E-state index in [1.807, 2.05) is 6.92 Å². The summed E-state index contributed by atoms with van der Waals surface area (Å²) in [6.45, 7) is 1.89. The van der Waals surface area contributed by atoms with Crippen molar-refractivity contribution in [3.63, 3.8) is 0 Å². The van der Waals surface area contributed by atoms with Gasteiger partial charge in [-0.15, -0.1) is 0 Å². The van der Waals surface area contributed by atoms with Crippen LogP contribution in [-0.4, -0.2) is 32.8 Å². The van der Waals surface area contributed by atoms with E-state index in [4.69, 9.17) is 10.8 Å². The Morgan fingerprint density at radius 1 is 1.73 bits per heavy atom. The third-order valence-electron chi connectivity index (χ3n) is 1.11. The molecule has 0 spiro atoms. The highest BCUT2D eigenvalue weighted by molar-refractivity contribution is 7.85. The topological polar surface area (TPSA) is 80.4 Å². The fourth-order valence-electron chi connectivity index (χ4n) is 0.583.